The zero-order valence-electron chi connectivity index (χ0n) is 17.8. The van der Waals surface area contributed by atoms with Crippen LogP contribution in [0.3, 0.4) is 0 Å². The van der Waals surface area contributed by atoms with Gasteiger partial charge in [0.25, 0.3) is 11.6 Å². The average Bonchev–Trinajstić information content (AvgIpc) is 3.35. The zero-order valence-corrected chi connectivity index (χ0v) is 18.6. The molecule has 0 spiro atoms. The molecule has 10 heteroatoms. The molecule has 5 rings (SSSR count). The number of para-hydroxylation sites is 1. The van der Waals surface area contributed by atoms with E-state index in [4.69, 9.17) is 21.2 Å². The molecule has 0 bridgehead atoms. The highest BCUT2D eigenvalue weighted by Crippen LogP contribution is 2.49. The minimum Gasteiger partial charge on any atom is -0.497 e. The lowest BCUT2D eigenvalue weighted by atomic mass is 9.90. The Labute approximate surface area is 199 Å². The number of benzene rings is 3. The second-order valence-corrected chi connectivity index (χ2v) is 8.24. The zero-order chi connectivity index (χ0) is 24.0. The first-order chi connectivity index (χ1) is 16.4. The minimum atomic E-state index is -1.13. The summed E-state index contributed by atoms with van der Waals surface area (Å²) in [6.45, 7) is 0. The molecule has 0 aliphatic carbocycles. The van der Waals surface area contributed by atoms with Crippen molar-refractivity contribution >= 4 is 40.5 Å². The van der Waals surface area contributed by atoms with Crippen molar-refractivity contribution in [2.45, 2.75) is 12.1 Å². The number of nitrogens with zero attached hydrogens (tertiary/aromatic N) is 3. The summed E-state index contributed by atoms with van der Waals surface area (Å²) < 4.78 is 5.23. The average molecular weight is 480 g/mol. The largest absolute Gasteiger partial charge is 0.497 e. The number of anilines is 2. The molecule has 2 aliphatic rings. The standard InChI is InChI=1S/C24H18ClN3O6/c1-33-17-9-5-8-15(12-17)26-23(29)20-21(18-13-16(28(31)32)10-11-19(18)25)27(34-22(20)24(26)30)14-6-3-2-4-7-14/h2-13,20-22H,1H3/t20-,21-,22-/m1/s1. The summed E-state index contributed by atoms with van der Waals surface area (Å²) in [6.07, 6.45) is -1.13. The Kier molecular flexibility index (Phi) is 5.43. The molecule has 3 aromatic carbocycles. The van der Waals surface area contributed by atoms with Crippen molar-refractivity contribution in [1.29, 1.82) is 0 Å². The fraction of sp³-hybridized carbons (Fsp3) is 0.167. The first-order valence-corrected chi connectivity index (χ1v) is 10.8. The van der Waals surface area contributed by atoms with Crippen LogP contribution in [0.25, 0.3) is 0 Å². The second-order valence-electron chi connectivity index (χ2n) is 7.83. The van der Waals surface area contributed by atoms with Gasteiger partial charge in [-0.15, -0.1) is 0 Å². The van der Waals surface area contributed by atoms with Crippen LogP contribution in [-0.2, 0) is 14.4 Å². The number of carbonyl (C=O) groups is 2. The van der Waals surface area contributed by atoms with Crippen LogP contribution in [0.2, 0.25) is 5.02 Å². The van der Waals surface area contributed by atoms with Crippen LogP contribution >= 0.6 is 11.6 Å². The number of amides is 2. The molecule has 0 N–H and O–H groups in total. The number of hydrogen-bond acceptors (Lipinski definition) is 7. The van der Waals surface area contributed by atoms with E-state index in [1.807, 2.05) is 6.07 Å². The van der Waals surface area contributed by atoms with Gasteiger partial charge in [0.15, 0.2) is 6.10 Å². The molecule has 2 fully saturated rings. The van der Waals surface area contributed by atoms with Crippen LogP contribution in [0.4, 0.5) is 17.1 Å². The summed E-state index contributed by atoms with van der Waals surface area (Å²) in [7, 11) is 1.49. The number of rotatable bonds is 5. The number of fused-ring (bicyclic) bond motifs is 1. The van der Waals surface area contributed by atoms with E-state index in [1.54, 1.807) is 48.5 Å². The highest BCUT2D eigenvalue weighted by atomic mass is 35.5. The van der Waals surface area contributed by atoms with Crippen LogP contribution < -0.4 is 14.7 Å². The summed E-state index contributed by atoms with van der Waals surface area (Å²) >= 11 is 6.47. The Morgan fingerprint density at radius 2 is 1.71 bits per heavy atom. The Balaban J connectivity index is 1.63. The number of nitro groups is 1. The Morgan fingerprint density at radius 1 is 0.971 bits per heavy atom. The van der Waals surface area contributed by atoms with E-state index in [-0.39, 0.29) is 10.7 Å². The Hall–Kier alpha value is -3.95. The number of nitro benzene ring substituents is 1. The normalized spacial score (nSPS) is 21.6. The van der Waals surface area contributed by atoms with E-state index in [0.717, 1.165) is 4.90 Å². The van der Waals surface area contributed by atoms with Gasteiger partial charge in [-0.05, 0) is 30.3 Å². The maximum absolute atomic E-state index is 13.7. The van der Waals surface area contributed by atoms with Crippen molar-refractivity contribution in [2.75, 3.05) is 17.1 Å². The van der Waals surface area contributed by atoms with Gasteiger partial charge in [0.1, 0.15) is 11.7 Å². The SMILES string of the molecule is COc1cccc(N2C(=O)[C@@H]3[C@@H](c4cc([N+](=O)[O-])ccc4Cl)N(c4ccccc4)O[C@H]3C2=O)c1. The number of hydrogen-bond donors (Lipinski definition) is 0. The van der Waals surface area contributed by atoms with Gasteiger partial charge in [-0.25, -0.2) is 9.96 Å². The van der Waals surface area contributed by atoms with E-state index in [0.29, 0.717) is 22.7 Å². The highest BCUT2D eigenvalue weighted by molar-refractivity contribution is 6.31. The van der Waals surface area contributed by atoms with Crippen LogP contribution in [0.1, 0.15) is 11.6 Å². The monoisotopic (exact) mass is 479 g/mol. The van der Waals surface area contributed by atoms with Crippen LogP contribution in [0.15, 0.2) is 72.8 Å². The highest BCUT2D eigenvalue weighted by Gasteiger charge is 2.60. The van der Waals surface area contributed by atoms with Crippen molar-refractivity contribution in [3.05, 3.63) is 93.5 Å². The molecule has 2 amide bonds. The van der Waals surface area contributed by atoms with Gasteiger partial charge in [0.2, 0.25) is 5.91 Å². The van der Waals surface area contributed by atoms with Gasteiger partial charge in [-0.2, -0.15) is 0 Å². The number of imide groups is 1. The molecule has 2 heterocycles. The summed E-state index contributed by atoms with van der Waals surface area (Å²) in [5.74, 6) is -1.51. The lowest BCUT2D eigenvalue weighted by Gasteiger charge is -2.29. The molecule has 0 unspecified atom stereocenters. The van der Waals surface area contributed by atoms with Crippen molar-refractivity contribution in [1.82, 2.24) is 0 Å². The third kappa shape index (κ3) is 3.46. The molecule has 0 saturated carbocycles. The molecule has 0 aromatic heterocycles. The number of methoxy groups -OCH3 is 1. The van der Waals surface area contributed by atoms with E-state index >= 15 is 0 Å². The number of hydroxylamine groups is 1. The maximum Gasteiger partial charge on any atom is 0.269 e. The van der Waals surface area contributed by atoms with Crippen molar-refractivity contribution in [2.24, 2.45) is 5.92 Å². The summed E-state index contributed by atoms with van der Waals surface area (Å²) in [6, 6.07) is 18.6. The molecule has 34 heavy (non-hydrogen) atoms. The van der Waals surface area contributed by atoms with Gasteiger partial charge in [-0.3, -0.25) is 24.5 Å². The molecule has 0 radical (unpaired) electrons. The van der Waals surface area contributed by atoms with Crippen molar-refractivity contribution in [3.8, 4) is 5.75 Å². The first kappa shape index (κ1) is 21.9. The first-order valence-electron chi connectivity index (χ1n) is 10.4. The van der Waals surface area contributed by atoms with E-state index in [1.165, 1.54) is 30.4 Å². The van der Waals surface area contributed by atoms with Crippen LogP contribution in [0, 0.1) is 16.0 Å². The van der Waals surface area contributed by atoms with Crippen molar-refractivity contribution in [3.63, 3.8) is 0 Å². The lowest BCUT2D eigenvalue weighted by molar-refractivity contribution is -0.384. The van der Waals surface area contributed by atoms with E-state index in [9.17, 15) is 19.7 Å². The molecule has 2 saturated heterocycles. The molecular formula is C24H18ClN3O6. The maximum atomic E-state index is 13.7. The van der Waals surface area contributed by atoms with Gasteiger partial charge in [0, 0.05) is 28.8 Å². The number of non-ortho nitro benzene ring substituents is 1. The third-order valence-corrected chi connectivity index (χ3v) is 6.29. The second kappa shape index (κ2) is 8.44. The quantitative estimate of drug-likeness (QED) is 0.305. The predicted molar refractivity (Wildman–Crippen MR) is 124 cm³/mol. The topological polar surface area (TPSA) is 102 Å². The molecule has 2 aliphatic heterocycles. The number of ether oxygens (including phenoxy) is 1. The van der Waals surface area contributed by atoms with Crippen LogP contribution in [-0.4, -0.2) is 30.0 Å². The van der Waals surface area contributed by atoms with E-state index < -0.39 is 34.8 Å². The fourth-order valence-electron chi connectivity index (χ4n) is 4.40. The summed E-state index contributed by atoms with van der Waals surface area (Å²) in [5.41, 5.74) is 1.07. The minimum absolute atomic E-state index is 0.183. The lowest BCUT2D eigenvalue weighted by Crippen LogP contribution is -2.37. The van der Waals surface area contributed by atoms with E-state index in [2.05, 4.69) is 0 Å². The Bertz CT molecular complexity index is 1300. The van der Waals surface area contributed by atoms with Gasteiger partial charge >= 0.3 is 0 Å². The smallest absolute Gasteiger partial charge is 0.269 e. The Morgan fingerprint density at radius 3 is 2.41 bits per heavy atom. The molecule has 9 nitrogen and oxygen atoms in total. The molecular weight excluding hydrogens is 462 g/mol. The third-order valence-electron chi connectivity index (χ3n) is 5.95. The number of carbonyl (C=O) groups excluding carboxylic acids is 2. The van der Waals surface area contributed by atoms with Gasteiger partial charge in [-0.1, -0.05) is 35.9 Å². The molecule has 172 valence electrons. The van der Waals surface area contributed by atoms with Gasteiger partial charge < -0.3 is 4.74 Å². The summed E-state index contributed by atoms with van der Waals surface area (Å²) in [4.78, 5) is 45.1. The fourth-order valence-corrected chi connectivity index (χ4v) is 4.63. The predicted octanol–water partition coefficient (Wildman–Crippen LogP) is 4.31. The van der Waals surface area contributed by atoms with Crippen molar-refractivity contribution < 1.29 is 24.1 Å². The molecule has 3 atom stereocenters. The summed E-state index contributed by atoms with van der Waals surface area (Å²) in [5, 5.41) is 13.1. The number of halogens is 1. The van der Waals surface area contributed by atoms with Gasteiger partial charge in [0.05, 0.1) is 29.4 Å². The van der Waals surface area contributed by atoms with Crippen LogP contribution in [0.5, 0.6) is 5.75 Å². The molecule has 3 aromatic rings.